The molecule has 15 heavy (non-hydrogen) atoms. The van der Waals surface area contributed by atoms with Gasteiger partial charge in [0.05, 0.1) is 6.61 Å². The molecule has 0 saturated carbocycles. The number of carboxylic acid groups (broad SMARTS) is 2. The number of hydrogen-bond donors (Lipinski definition) is 3. The Balaban J connectivity index is 2.52. The highest BCUT2D eigenvalue weighted by Crippen LogP contribution is 2.56. The lowest BCUT2D eigenvalue weighted by Gasteiger charge is -2.15. The van der Waals surface area contributed by atoms with E-state index in [0.717, 1.165) is 0 Å². The molecule has 0 bridgehead atoms. The van der Waals surface area contributed by atoms with E-state index in [4.69, 9.17) is 20.1 Å². The molecule has 1 heterocycles. The summed E-state index contributed by atoms with van der Waals surface area (Å²) in [7, 11) is 0. The SMILES string of the molecule is O=C(O)C12C=CC=C(CO)C1(C(=O)O)O2. The van der Waals surface area contributed by atoms with Crippen LogP contribution in [0.5, 0.6) is 0 Å². The maximum atomic E-state index is 11.0. The Hall–Kier alpha value is -1.66. The van der Waals surface area contributed by atoms with Gasteiger partial charge in [-0.2, -0.15) is 0 Å². The smallest absolute Gasteiger partial charge is 0.344 e. The Bertz CT molecular complexity index is 409. The van der Waals surface area contributed by atoms with Gasteiger partial charge in [0, 0.05) is 5.57 Å². The molecule has 6 nitrogen and oxygen atoms in total. The zero-order valence-corrected chi connectivity index (χ0v) is 7.51. The maximum absolute atomic E-state index is 11.0. The summed E-state index contributed by atoms with van der Waals surface area (Å²) >= 11 is 0. The fourth-order valence-electron chi connectivity index (χ4n) is 1.86. The summed E-state index contributed by atoms with van der Waals surface area (Å²) in [6, 6.07) is 0. The number of epoxide rings is 1. The van der Waals surface area contributed by atoms with Crippen LogP contribution < -0.4 is 0 Å². The van der Waals surface area contributed by atoms with Gasteiger partial charge in [-0.25, -0.2) is 9.59 Å². The molecule has 0 aromatic carbocycles. The first kappa shape index (κ1) is 9.88. The van der Waals surface area contributed by atoms with Crippen LogP contribution in [-0.2, 0) is 14.3 Å². The second-order valence-corrected chi connectivity index (χ2v) is 3.34. The summed E-state index contributed by atoms with van der Waals surface area (Å²) in [6.07, 6.45) is 3.89. The van der Waals surface area contributed by atoms with Crippen molar-refractivity contribution in [1.82, 2.24) is 0 Å². The zero-order valence-electron chi connectivity index (χ0n) is 7.51. The average molecular weight is 212 g/mol. The first-order chi connectivity index (χ1) is 7.01. The van der Waals surface area contributed by atoms with Crippen LogP contribution in [0.3, 0.4) is 0 Å². The fourth-order valence-corrected chi connectivity index (χ4v) is 1.86. The number of aliphatic hydroxyl groups excluding tert-OH is 1. The monoisotopic (exact) mass is 212 g/mol. The van der Waals surface area contributed by atoms with E-state index in [-0.39, 0.29) is 5.57 Å². The summed E-state index contributed by atoms with van der Waals surface area (Å²) in [5.74, 6) is -2.78. The van der Waals surface area contributed by atoms with Crippen LogP contribution in [-0.4, -0.2) is 45.1 Å². The van der Waals surface area contributed by atoms with Crippen LogP contribution in [0.4, 0.5) is 0 Å². The molecular formula is C9H8O6. The van der Waals surface area contributed by atoms with Gasteiger partial charge < -0.3 is 20.1 Å². The highest BCUT2D eigenvalue weighted by atomic mass is 16.7. The van der Waals surface area contributed by atoms with Crippen molar-refractivity contribution < 1.29 is 29.6 Å². The number of hydrogen-bond acceptors (Lipinski definition) is 4. The predicted octanol–water partition coefficient (Wildman–Crippen LogP) is -0.848. The molecule has 0 amide bonds. The van der Waals surface area contributed by atoms with E-state index in [2.05, 4.69) is 0 Å². The predicted molar refractivity (Wildman–Crippen MR) is 46.1 cm³/mol. The molecule has 2 unspecified atom stereocenters. The quantitative estimate of drug-likeness (QED) is 0.526. The molecule has 2 atom stereocenters. The van der Waals surface area contributed by atoms with Gasteiger partial charge in [-0.1, -0.05) is 12.2 Å². The Morgan fingerprint density at radius 1 is 1.33 bits per heavy atom. The van der Waals surface area contributed by atoms with E-state index in [9.17, 15) is 9.59 Å². The third-order valence-electron chi connectivity index (χ3n) is 2.67. The van der Waals surface area contributed by atoms with E-state index in [1.165, 1.54) is 18.2 Å². The number of rotatable bonds is 3. The van der Waals surface area contributed by atoms with E-state index in [1.54, 1.807) is 0 Å². The molecule has 6 heteroatoms. The van der Waals surface area contributed by atoms with Crippen LogP contribution in [0.1, 0.15) is 0 Å². The number of carboxylic acids is 2. The summed E-state index contributed by atoms with van der Waals surface area (Å²) in [5, 5.41) is 26.9. The van der Waals surface area contributed by atoms with E-state index in [1.807, 2.05) is 0 Å². The molecule has 0 aromatic heterocycles. The Labute approximate surface area is 84.1 Å². The van der Waals surface area contributed by atoms with Crippen molar-refractivity contribution in [3.63, 3.8) is 0 Å². The van der Waals surface area contributed by atoms with Crippen molar-refractivity contribution >= 4 is 11.9 Å². The van der Waals surface area contributed by atoms with Gasteiger partial charge in [-0.15, -0.1) is 0 Å². The molecule has 80 valence electrons. The second kappa shape index (κ2) is 2.68. The molecule has 1 aliphatic carbocycles. The van der Waals surface area contributed by atoms with Crippen LogP contribution in [0.25, 0.3) is 0 Å². The summed E-state index contributed by atoms with van der Waals surface area (Å²) in [4.78, 5) is 22.0. The van der Waals surface area contributed by atoms with Gasteiger partial charge in [-0.05, 0) is 6.08 Å². The summed E-state index contributed by atoms with van der Waals surface area (Å²) in [6.45, 7) is -0.550. The maximum Gasteiger partial charge on any atom is 0.344 e. The summed E-state index contributed by atoms with van der Waals surface area (Å²) < 4.78 is 4.87. The first-order valence-electron chi connectivity index (χ1n) is 4.18. The molecule has 1 aliphatic heterocycles. The van der Waals surface area contributed by atoms with Crippen molar-refractivity contribution in [2.24, 2.45) is 0 Å². The molecule has 0 aromatic rings. The fraction of sp³-hybridized carbons (Fsp3) is 0.333. The van der Waals surface area contributed by atoms with Crippen LogP contribution in [0.15, 0.2) is 23.8 Å². The average Bonchev–Trinajstić information content (AvgIpc) is 2.88. The molecule has 2 rings (SSSR count). The highest BCUT2D eigenvalue weighted by Gasteiger charge is 2.81. The Morgan fingerprint density at radius 2 is 2.00 bits per heavy atom. The third kappa shape index (κ3) is 0.898. The number of carbonyl (C=O) groups is 2. The molecular weight excluding hydrogens is 204 g/mol. The lowest BCUT2D eigenvalue weighted by atomic mass is 9.82. The van der Waals surface area contributed by atoms with Crippen molar-refractivity contribution in [2.45, 2.75) is 11.2 Å². The lowest BCUT2D eigenvalue weighted by Crippen LogP contribution is -2.42. The second-order valence-electron chi connectivity index (χ2n) is 3.34. The minimum atomic E-state index is -1.93. The van der Waals surface area contributed by atoms with E-state index >= 15 is 0 Å². The highest BCUT2D eigenvalue weighted by molar-refractivity contribution is 6.02. The van der Waals surface area contributed by atoms with Gasteiger partial charge in [0.1, 0.15) is 0 Å². The van der Waals surface area contributed by atoms with Crippen molar-refractivity contribution in [3.8, 4) is 0 Å². The standard InChI is InChI=1S/C9H8O6/c10-4-5-2-1-3-8(6(11)12)9(5,15-8)7(13)14/h1-3,10H,4H2,(H,11,12)(H,13,14). The normalized spacial score (nSPS) is 36.7. The molecule has 1 saturated heterocycles. The van der Waals surface area contributed by atoms with Crippen molar-refractivity contribution in [1.29, 1.82) is 0 Å². The van der Waals surface area contributed by atoms with Gasteiger partial charge in [0.2, 0.25) is 11.2 Å². The number of allylic oxidation sites excluding steroid dienone is 2. The molecule has 3 N–H and O–H groups in total. The van der Waals surface area contributed by atoms with Gasteiger partial charge in [-0.3, -0.25) is 0 Å². The van der Waals surface area contributed by atoms with Crippen LogP contribution in [0, 0.1) is 0 Å². The number of fused-ring (bicyclic) bond motifs is 1. The Kier molecular flexibility index (Phi) is 1.76. The van der Waals surface area contributed by atoms with Crippen molar-refractivity contribution in [2.75, 3.05) is 6.61 Å². The van der Waals surface area contributed by atoms with Crippen molar-refractivity contribution in [3.05, 3.63) is 23.8 Å². The van der Waals surface area contributed by atoms with E-state index < -0.39 is 29.7 Å². The zero-order chi connectivity index (χ0) is 11.3. The van der Waals surface area contributed by atoms with Gasteiger partial charge >= 0.3 is 11.9 Å². The molecule has 1 fully saturated rings. The van der Waals surface area contributed by atoms with Crippen LogP contribution in [0.2, 0.25) is 0 Å². The third-order valence-corrected chi connectivity index (χ3v) is 2.67. The lowest BCUT2D eigenvalue weighted by molar-refractivity contribution is -0.144. The largest absolute Gasteiger partial charge is 0.479 e. The van der Waals surface area contributed by atoms with Gasteiger partial charge in [0.25, 0.3) is 0 Å². The summed E-state index contributed by atoms with van der Waals surface area (Å²) in [5.41, 5.74) is -3.74. The minimum Gasteiger partial charge on any atom is -0.479 e. The number of aliphatic hydroxyl groups is 1. The Morgan fingerprint density at radius 3 is 2.47 bits per heavy atom. The number of aliphatic carboxylic acids is 2. The van der Waals surface area contributed by atoms with E-state index in [0.29, 0.717) is 0 Å². The van der Waals surface area contributed by atoms with Crippen LogP contribution >= 0.6 is 0 Å². The molecule has 2 aliphatic rings. The minimum absolute atomic E-state index is 0.0416. The topological polar surface area (TPSA) is 107 Å². The molecule has 0 spiro atoms. The van der Waals surface area contributed by atoms with Gasteiger partial charge in [0.15, 0.2) is 0 Å². The molecule has 0 radical (unpaired) electrons. The number of ether oxygens (including phenoxy) is 1. The first-order valence-corrected chi connectivity index (χ1v) is 4.18.